The lowest BCUT2D eigenvalue weighted by Crippen LogP contribution is -2.41. The van der Waals surface area contributed by atoms with Gasteiger partial charge in [0.05, 0.1) is 6.10 Å². The molecule has 20 heavy (non-hydrogen) atoms. The van der Waals surface area contributed by atoms with Gasteiger partial charge < -0.3 is 14.4 Å². The molecule has 2 rings (SSSR count). The van der Waals surface area contributed by atoms with E-state index in [0.29, 0.717) is 12.1 Å². The summed E-state index contributed by atoms with van der Waals surface area (Å²) in [6.45, 7) is 9.12. The number of hydrogen-bond donors (Lipinski definition) is 0. The van der Waals surface area contributed by atoms with Gasteiger partial charge in [-0.25, -0.2) is 4.79 Å². The van der Waals surface area contributed by atoms with Gasteiger partial charge in [-0.05, 0) is 47.1 Å². The quantitative estimate of drug-likeness (QED) is 0.796. The van der Waals surface area contributed by atoms with Crippen molar-refractivity contribution in [3.63, 3.8) is 0 Å². The van der Waals surface area contributed by atoms with Crippen LogP contribution in [-0.4, -0.2) is 66.9 Å². The van der Waals surface area contributed by atoms with Crippen molar-refractivity contribution < 1.29 is 14.3 Å². The zero-order valence-corrected chi connectivity index (χ0v) is 13.2. The maximum atomic E-state index is 12.0. The van der Waals surface area contributed by atoms with Crippen molar-refractivity contribution in [2.75, 3.05) is 33.3 Å². The number of amides is 1. The topological polar surface area (TPSA) is 42.0 Å². The Morgan fingerprint density at radius 2 is 2.15 bits per heavy atom. The van der Waals surface area contributed by atoms with Crippen molar-refractivity contribution in [2.24, 2.45) is 0 Å². The molecule has 116 valence electrons. The molecule has 1 amide bonds. The predicted octanol–water partition coefficient (Wildman–Crippen LogP) is 2.11. The lowest BCUT2D eigenvalue weighted by atomic mass is 10.2. The molecule has 0 aromatic rings. The van der Waals surface area contributed by atoms with Crippen molar-refractivity contribution in [1.29, 1.82) is 0 Å². The number of likely N-dealkylation sites (tertiary alicyclic amines) is 1. The van der Waals surface area contributed by atoms with E-state index in [1.807, 2.05) is 25.7 Å². The number of rotatable bonds is 3. The zero-order chi connectivity index (χ0) is 14.8. The lowest BCUT2D eigenvalue weighted by Gasteiger charge is -2.28. The van der Waals surface area contributed by atoms with Gasteiger partial charge in [0.1, 0.15) is 5.60 Å². The molecule has 5 nitrogen and oxygen atoms in total. The fourth-order valence-corrected chi connectivity index (χ4v) is 2.85. The van der Waals surface area contributed by atoms with Gasteiger partial charge in [-0.1, -0.05) is 0 Å². The predicted molar refractivity (Wildman–Crippen MR) is 77.8 cm³/mol. The van der Waals surface area contributed by atoms with Crippen LogP contribution >= 0.6 is 0 Å². The van der Waals surface area contributed by atoms with Crippen LogP contribution < -0.4 is 0 Å². The lowest BCUT2D eigenvalue weighted by molar-refractivity contribution is 0.0273. The van der Waals surface area contributed by atoms with Crippen molar-refractivity contribution in [3.8, 4) is 0 Å². The Hall–Kier alpha value is -0.810. The van der Waals surface area contributed by atoms with Gasteiger partial charge in [0, 0.05) is 32.3 Å². The molecule has 0 saturated carbocycles. The molecular weight excluding hydrogens is 256 g/mol. The third kappa shape index (κ3) is 4.35. The fraction of sp³-hybridized carbons (Fsp3) is 0.933. The third-order valence-corrected chi connectivity index (χ3v) is 3.95. The summed E-state index contributed by atoms with van der Waals surface area (Å²) in [5.41, 5.74) is -0.418. The Kier molecular flexibility index (Phi) is 4.91. The van der Waals surface area contributed by atoms with Gasteiger partial charge in [-0.15, -0.1) is 0 Å². The first-order valence-electron chi connectivity index (χ1n) is 7.65. The zero-order valence-electron chi connectivity index (χ0n) is 13.2. The summed E-state index contributed by atoms with van der Waals surface area (Å²) in [5, 5.41) is 0. The van der Waals surface area contributed by atoms with Gasteiger partial charge in [-0.3, -0.25) is 4.90 Å². The van der Waals surface area contributed by atoms with Crippen molar-refractivity contribution >= 4 is 6.09 Å². The second-order valence-electron chi connectivity index (χ2n) is 6.94. The molecule has 0 aromatic carbocycles. The average molecular weight is 284 g/mol. The van der Waals surface area contributed by atoms with E-state index in [9.17, 15) is 4.79 Å². The normalized spacial score (nSPS) is 27.4. The molecule has 2 aliphatic heterocycles. The molecular formula is C15H28N2O3. The van der Waals surface area contributed by atoms with Crippen molar-refractivity contribution in [2.45, 2.75) is 57.8 Å². The molecule has 0 aromatic heterocycles. The Morgan fingerprint density at radius 3 is 2.75 bits per heavy atom. The van der Waals surface area contributed by atoms with E-state index in [-0.39, 0.29) is 6.09 Å². The minimum Gasteiger partial charge on any atom is -0.444 e. The molecule has 0 spiro atoms. The summed E-state index contributed by atoms with van der Waals surface area (Å²) < 4.78 is 11.1. The number of hydrogen-bond acceptors (Lipinski definition) is 4. The van der Waals surface area contributed by atoms with Crippen LogP contribution in [0.2, 0.25) is 0 Å². The SMILES string of the molecule is CN(CC1CCCO1)[C@H]1CCN(C(=O)OC(C)(C)C)C1. The van der Waals surface area contributed by atoms with Crippen molar-refractivity contribution in [3.05, 3.63) is 0 Å². The summed E-state index contributed by atoms with van der Waals surface area (Å²) >= 11 is 0. The van der Waals surface area contributed by atoms with E-state index in [4.69, 9.17) is 9.47 Å². The van der Waals surface area contributed by atoms with Gasteiger partial charge in [-0.2, -0.15) is 0 Å². The molecule has 2 aliphatic rings. The van der Waals surface area contributed by atoms with E-state index >= 15 is 0 Å². The molecule has 2 heterocycles. The van der Waals surface area contributed by atoms with Crippen LogP contribution in [0.1, 0.15) is 40.0 Å². The fourth-order valence-electron chi connectivity index (χ4n) is 2.85. The van der Waals surface area contributed by atoms with Crippen LogP contribution in [0.5, 0.6) is 0 Å². The largest absolute Gasteiger partial charge is 0.444 e. The minimum absolute atomic E-state index is 0.189. The number of likely N-dealkylation sites (N-methyl/N-ethyl adjacent to an activating group) is 1. The highest BCUT2D eigenvalue weighted by atomic mass is 16.6. The highest BCUT2D eigenvalue weighted by Gasteiger charge is 2.32. The second-order valence-corrected chi connectivity index (χ2v) is 6.94. The molecule has 0 bridgehead atoms. The van der Waals surface area contributed by atoms with E-state index in [1.54, 1.807) is 0 Å². The first-order valence-corrected chi connectivity index (χ1v) is 7.65. The second kappa shape index (κ2) is 6.31. The van der Waals surface area contributed by atoms with Crippen LogP contribution in [0.15, 0.2) is 0 Å². The van der Waals surface area contributed by atoms with Crippen LogP contribution in [0.3, 0.4) is 0 Å². The maximum absolute atomic E-state index is 12.0. The molecule has 0 radical (unpaired) electrons. The Labute approximate surface area is 122 Å². The molecule has 5 heteroatoms. The molecule has 0 aliphatic carbocycles. The average Bonchev–Trinajstić information content (AvgIpc) is 2.96. The van der Waals surface area contributed by atoms with Crippen LogP contribution in [0, 0.1) is 0 Å². The number of ether oxygens (including phenoxy) is 2. The molecule has 2 fully saturated rings. The Morgan fingerprint density at radius 1 is 1.40 bits per heavy atom. The smallest absolute Gasteiger partial charge is 0.410 e. The molecule has 1 unspecified atom stereocenters. The Bertz CT molecular complexity index is 335. The standard InChI is InChI=1S/C15H28N2O3/c1-15(2,3)20-14(18)17-8-7-12(10-17)16(4)11-13-6-5-9-19-13/h12-13H,5-11H2,1-4H3/t12-,13?/m0/s1. The number of carbonyl (C=O) groups excluding carboxylic acids is 1. The van der Waals surface area contributed by atoms with E-state index < -0.39 is 5.60 Å². The maximum Gasteiger partial charge on any atom is 0.410 e. The van der Waals surface area contributed by atoms with E-state index in [2.05, 4.69) is 11.9 Å². The van der Waals surface area contributed by atoms with E-state index in [1.165, 1.54) is 6.42 Å². The van der Waals surface area contributed by atoms with Crippen LogP contribution in [-0.2, 0) is 9.47 Å². The van der Waals surface area contributed by atoms with Gasteiger partial charge in [0.25, 0.3) is 0 Å². The number of carbonyl (C=O) groups is 1. The first-order chi connectivity index (χ1) is 9.35. The van der Waals surface area contributed by atoms with Crippen molar-refractivity contribution in [1.82, 2.24) is 9.80 Å². The van der Waals surface area contributed by atoms with E-state index in [0.717, 1.165) is 39.1 Å². The summed E-state index contributed by atoms with van der Waals surface area (Å²) in [6, 6.07) is 0.423. The van der Waals surface area contributed by atoms with Gasteiger partial charge >= 0.3 is 6.09 Å². The minimum atomic E-state index is -0.418. The summed E-state index contributed by atoms with van der Waals surface area (Å²) in [6.07, 6.45) is 3.53. The summed E-state index contributed by atoms with van der Waals surface area (Å²) in [5.74, 6) is 0. The number of nitrogens with zero attached hydrogens (tertiary/aromatic N) is 2. The van der Waals surface area contributed by atoms with Crippen LogP contribution in [0.4, 0.5) is 4.79 Å². The summed E-state index contributed by atoms with van der Waals surface area (Å²) in [7, 11) is 2.13. The Balaban J connectivity index is 1.77. The molecule has 2 atom stereocenters. The first kappa shape index (κ1) is 15.6. The highest BCUT2D eigenvalue weighted by Crippen LogP contribution is 2.20. The van der Waals surface area contributed by atoms with Gasteiger partial charge in [0.2, 0.25) is 0 Å². The molecule has 2 saturated heterocycles. The van der Waals surface area contributed by atoms with Crippen LogP contribution in [0.25, 0.3) is 0 Å². The highest BCUT2D eigenvalue weighted by molar-refractivity contribution is 5.68. The van der Waals surface area contributed by atoms with Gasteiger partial charge in [0.15, 0.2) is 0 Å². The summed E-state index contributed by atoms with van der Waals surface area (Å²) in [4.78, 5) is 16.2. The molecule has 0 N–H and O–H groups in total. The third-order valence-electron chi connectivity index (χ3n) is 3.95. The monoisotopic (exact) mass is 284 g/mol.